The average molecular weight is 498 g/mol. The topological polar surface area (TPSA) is 80.5 Å². The highest BCUT2D eigenvalue weighted by molar-refractivity contribution is 5.85. The summed E-state index contributed by atoms with van der Waals surface area (Å²) in [6.45, 7) is 5.41. The molecule has 1 aliphatic rings. The molecule has 0 fully saturated rings. The highest BCUT2D eigenvalue weighted by Crippen LogP contribution is 2.36. The summed E-state index contributed by atoms with van der Waals surface area (Å²) in [5.74, 6) is 0.378. The number of amides is 1. The smallest absolute Gasteiger partial charge is 0.412 e. The fourth-order valence-electron chi connectivity index (χ4n) is 4.07. The fourth-order valence-corrected chi connectivity index (χ4v) is 4.07. The molecule has 7 nitrogen and oxygen atoms in total. The average Bonchev–Trinajstić information content (AvgIpc) is 3.34. The van der Waals surface area contributed by atoms with Gasteiger partial charge in [0.1, 0.15) is 5.60 Å². The Morgan fingerprint density at radius 1 is 1.00 bits per heavy atom. The van der Waals surface area contributed by atoms with Crippen LogP contribution in [0.1, 0.15) is 37.9 Å². The first-order valence-electron chi connectivity index (χ1n) is 12.0. The Balaban J connectivity index is 1.36. The van der Waals surface area contributed by atoms with Gasteiger partial charge in [0, 0.05) is 17.3 Å². The van der Waals surface area contributed by atoms with E-state index in [2.05, 4.69) is 20.7 Å². The Labute approximate surface area is 214 Å². The number of halogens is 1. The number of carbonyl (C=O) groups excluding carboxylic acids is 1. The standard InChI is InChI=1S/C29H28FN5O2/c1-28(2,3)37-27(36)33-23-11-9-22(10-12-23)32-26-34-25(19-24-15-18-31-35(24)26)29(30)16-13-21(14-17-29)20-7-5-4-6-8-20/h4-19,21H,1-3H3,(H,32,34)(H,33,36). The minimum absolute atomic E-state index is 0.00849. The number of nitrogens with zero attached hydrogens (tertiary/aromatic N) is 3. The second-order valence-corrected chi connectivity index (χ2v) is 9.88. The molecule has 2 aromatic carbocycles. The van der Waals surface area contributed by atoms with Crippen molar-refractivity contribution in [1.82, 2.24) is 14.6 Å². The van der Waals surface area contributed by atoms with E-state index < -0.39 is 17.4 Å². The van der Waals surface area contributed by atoms with Crippen molar-refractivity contribution in [3.8, 4) is 0 Å². The van der Waals surface area contributed by atoms with Gasteiger partial charge in [0.25, 0.3) is 0 Å². The highest BCUT2D eigenvalue weighted by Gasteiger charge is 2.32. The van der Waals surface area contributed by atoms with Gasteiger partial charge in [-0.25, -0.2) is 18.7 Å². The summed E-state index contributed by atoms with van der Waals surface area (Å²) < 4.78 is 23.0. The lowest BCUT2D eigenvalue weighted by Crippen LogP contribution is -2.27. The number of hydrogen-bond acceptors (Lipinski definition) is 5. The lowest BCUT2D eigenvalue weighted by Gasteiger charge is -2.24. The lowest BCUT2D eigenvalue weighted by atomic mass is 9.87. The van der Waals surface area contributed by atoms with E-state index in [4.69, 9.17) is 4.74 Å². The Hall–Kier alpha value is -4.46. The first kappa shape index (κ1) is 24.2. The van der Waals surface area contributed by atoms with Gasteiger partial charge in [-0.3, -0.25) is 5.32 Å². The van der Waals surface area contributed by atoms with E-state index in [1.165, 1.54) is 0 Å². The van der Waals surface area contributed by atoms with Crippen LogP contribution in [0.15, 0.2) is 97.2 Å². The number of fused-ring (bicyclic) bond motifs is 1. The summed E-state index contributed by atoms with van der Waals surface area (Å²) in [5.41, 5.74) is 0.903. The van der Waals surface area contributed by atoms with Crippen molar-refractivity contribution in [2.24, 2.45) is 0 Å². The second-order valence-electron chi connectivity index (χ2n) is 9.88. The first-order valence-corrected chi connectivity index (χ1v) is 12.0. The molecular weight excluding hydrogens is 469 g/mol. The number of aromatic nitrogens is 3. The number of anilines is 3. The minimum atomic E-state index is -1.85. The normalized spacial score (nSPS) is 19.1. The van der Waals surface area contributed by atoms with Crippen molar-refractivity contribution in [1.29, 1.82) is 0 Å². The monoisotopic (exact) mass is 497 g/mol. The van der Waals surface area contributed by atoms with E-state index in [0.717, 1.165) is 5.56 Å². The summed E-state index contributed by atoms with van der Waals surface area (Å²) >= 11 is 0. The number of carbonyl (C=O) groups is 1. The number of allylic oxidation sites excluding steroid dienone is 4. The van der Waals surface area contributed by atoms with E-state index in [1.807, 2.05) is 42.5 Å². The van der Waals surface area contributed by atoms with Gasteiger partial charge in [-0.05, 0) is 74.9 Å². The van der Waals surface area contributed by atoms with Gasteiger partial charge in [0.05, 0.1) is 17.4 Å². The molecule has 4 aromatic rings. The zero-order chi connectivity index (χ0) is 26.0. The maximum atomic E-state index is 16.1. The number of ether oxygens (including phenoxy) is 1. The molecular formula is C29H28FN5O2. The molecule has 0 atom stereocenters. The van der Waals surface area contributed by atoms with Crippen LogP contribution >= 0.6 is 0 Å². The molecule has 2 N–H and O–H groups in total. The third-order valence-corrected chi connectivity index (χ3v) is 5.84. The molecule has 188 valence electrons. The molecule has 0 saturated carbocycles. The van der Waals surface area contributed by atoms with E-state index >= 15 is 4.39 Å². The van der Waals surface area contributed by atoms with E-state index in [1.54, 1.807) is 80.0 Å². The SMILES string of the molecule is CC(C)(C)OC(=O)Nc1ccc(Nc2nc(C3(F)C=CC(c4ccccc4)C=C3)cc3ccnn23)cc1. The Bertz CT molecular complexity index is 1460. The minimum Gasteiger partial charge on any atom is -0.444 e. The molecule has 37 heavy (non-hydrogen) atoms. The van der Waals surface area contributed by atoms with Gasteiger partial charge in [-0.2, -0.15) is 5.10 Å². The Morgan fingerprint density at radius 3 is 2.35 bits per heavy atom. The van der Waals surface area contributed by atoms with Gasteiger partial charge in [0.2, 0.25) is 5.95 Å². The zero-order valence-electron chi connectivity index (χ0n) is 20.9. The lowest BCUT2D eigenvalue weighted by molar-refractivity contribution is 0.0636. The number of alkyl halides is 1. The van der Waals surface area contributed by atoms with E-state index in [0.29, 0.717) is 22.8 Å². The van der Waals surface area contributed by atoms with Gasteiger partial charge < -0.3 is 10.1 Å². The van der Waals surface area contributed by atoms with Crippen LogP contribution in [0.25, 0.3) is 5.52 Å². The van der Waals surface area contributed by atoms with Crippen molar-refractivity contribution < 1.29 is 13.9 Å². The third kappa shape index (κ3) is 5.53. The van der Waals surface area contributed by atoms with Crippen LogP contribution in [0.3, 0.4) is 0 Å². The molecule has 0 bridgehead atoms. The van der Waals surface area contributed by atoms with Crippen molar-refractivity contribution in [3.63, 3.8) is 0 Å². The van der Waals surface area contributed by atoms with Crippen molar-refractivity contribution >= 4 is 28.9 Å². The Kier molecular flexibility index (Phi) is 6.25. The molecule has 0 spiro atoms. The summed E-state index contributed by atoms with van der Waals surface area (Å²) in [5, 5.41) is 10.2. The van der Waals surface area contributed by atoms with Gasteiger partial charge in [0.15, 0.2) is 5.67 Å². The highest BCUT2D eigenvalue weighted by atomic mass is 19.1. The molecule has 1 aliphatic carbocycles. The van der Waals surface area contributed by atoms with Crippen LogP contribution in [-0.4, -0.2) is 26.3 Å². The van der Waals surface area contributed by atoms with Crippen LogP contribution in [0.5, 0.6) is 0 Å². The van der Waals surface area contributed by atoms with Crippen molar-refractivity contribution in [2.75, 3.05) is 10.6 Å². The molecule has 1 amide bonds. The van der Waals surface area contributed by atoms with Crippen molar-refractivity contribution in [3.05, 3.63) is 108 Å². The summed E-state index contributed by atoms with van der Waals surface area (Å²) in [4.78, 5) is 16.6. The van der Waals surface area contributed by atoms with Crippen LogP contribution in [-0.2, 0) is 10.4 Å². The van der Waals surface area contributed by atoms with Crippen LogP contribution in [0.4, 0.5) is 26.5 Å². The van der Waals surface area contributed by atoms with E-state index in [-0.39, 0.29) is 11.6 Å². The summed E-state index contributed by atoms with van der Waals surface area (Å²) in [6.07, 6.45) is 7.95. The van der Waals surface area contributed by atoms with E-state index in [9.17, 15) is 4.79 Å². The molecule has 8 heteroatoms. The summed E-state index contributed by atoms with van der Waals surface area (Å²) in [6, 6.07) is 20.5. The molecule has 0 saturated heterocycles. The number of nitrogens with one attached hydrogen (secondary N) is 2. The van der Waals surface area contributed by atoms with Gasteiger partial charge in [-0.15, -0.1) is 0 Å². The maximum Gasteiger partial charge on any atom is 0.412 e. The number of hydrogen-bond donors (Lipinski definition) is 2. The Morgan fingerprint density at radius 2 is 1.68 bits per heavy atom. The summed E-state index contributed by atoms with van der Waals surface area (Å²) in [7, 11) is 0. The first-order chi connectivity index (χ1) is 17.7. The molecule has 0 radical (unpaired) electrons. The fraction of sp³-hybridized carbons (Fsp3) is 0.207. The maximum absolute atomic E-state index is 16.1. The van der Waals surface area contributed by atoms with Crippen molar-refractivity contribution in [2.45, 2.75) is 38.0 Å². The molecule has 2 aromatic heterocycles. The van der Waals surface area contributed by atoms with Crippen LogP contribution < -0.4 is 10.6 Å². The predicted molar refractivity (Wildman–Crippen MR) is 143 cm³/mol. The second kappa shape index (κ2) is 9.54. The number of rotatable bonds is 5. The van der Waals surface area contributed by atoms with Crippen LogP contribution in [0.2, 0.25) is 0 Å². The van der Waals surface area contributed by atoms with Crippen LogP contribution in [0, 0.1) is 0 Å². The van der Waals surface area contributed by atoms with Gasteiger partial charge in [-0.1, -0.05) is 42.5 Å². The van der Waals surface area contributed by atoms with Gasteiger partial charge >= 0.3 is 6.09 Å². The third-order valence-electron chi connectivity index (χ3n) is 5.84. The zero-order valence-corrected chi connectivity index (χ0v) is 20.9. The molecule has 2 heterocycles. The quantitative estimate of drug-likeness (QED) is 0.293. The molecule has 5 rings (SSSR count). The largest absolute Gasteiger partial charge is 0.444 e. The molecule has 0 unspecified atom stereocenters. The number of benzene rings is 2. The molecule has 0 aliphatic heterocycles. The predicted octanol–water partition coefficient (Wildman–Crippen LogP) is 6.89.